The molecule has 124 valence electrons. The van der Waals surface area contributed by atoms with Gasteiger partial charge in [0.05, 0.1) is 5.56 Å². The average Bonchev–Trinajstić information content (AvgIpc) is 2.83. The lowest BCUT2D eigenvalue weighted by molar-refractivity contribution is 0.0934. The normalized spacial score (nSPS) is 12.2. The maximum Gasteiger partial charge on any atom is 0.253 e. The molecule has 0 aliphatic rings. The first kappa shape index (κ1) is 17.6. The Morgan fingerprint density at radius 1 is 1.43 bits per heavy atom. The molecule has 0 aliphatic carbocycles. The molecule has 1 atom stereocenters. The van der Waals surface area contributed by atoms with Crippen LogP contribution in [0, 0.1) is 13.8 Å². The summed E-state index contributed by atoms with van der Waals surface area (Å²) in [6, 6.07) is 7.57. The van der Waals surface area contributed by atoms with Crippen LogP contribution in [-0.2, 0) is 0 Å². The molecule has 0 radical (unpaired) electrons. The molecule has 1 unspecified atom stereocenters. The van der Waals surface area contributed by atoms with Gasteiger partial charge in [0, 0.05) is 36.0 Å². The molecule has 2 aromatic rings. The van der Waals surface area contributed by atoms with E-state index in [0.29, 0.717) is 12.0 Å². The third-order valence-electron chi connectivity index (χ3n) is 3.73. The molecule has 6 heteroatoms. The van der Waals surface area contributed by atoms with Gasteiger partial charge in [-0.2, -0.15) is 11.8 Å². The van der Waals surface area contributed by atoms with Crippen LogP contribution < -0.4 is 5.32 Å². The molecule has 1 amide bonds. The van der Waals surface area contributed by atoms with Gasteiger partial charge in [0.1, 0.15) is 5.82 Å². The molecule has 0 aliphatic heterocycles. The van der Waals surface area contributed by atoms with Crippen molar-refractivity contribution in [3.63, 3.8) is 0 Å². The summed E-state index contributed by atoms with van der Waals surface area (Å²) in [7, 11) is 0. The predicted octanol–water partition coefficient (Wildman–Crippen LogP) is 2.33. The van der Waals surface area contributed by atoms with Crippen molar-refractivity contribution in [2.45, 2.75) is 26.3 Å². The fourth-order valence-electron chi connectivity index (χ4n) is 2.65. The molecule has 0 saturated heterocycles. The van der Waals surface area contributed by atoms with Crippen molar-refractivity contribution < 1.29 is 9.90 Å². The van der Waals surface area contributed by atoms with E-state index in [1.54, 1.807) is 18.0 Å². The van der Waals surface area contributed by atoms with Gasteiger partial charge in [-0.05, 0) is 44.7 Å². The molecule has 0 bridgehead atoms. The number of hydrogen-bond donors (Lipinski definition) is 2. The lowest BCUT2D eigenvalue weighted by Crippen LogP contribution is -2.37. The summed E-state index contributed by atoms with van der Waals surface area (Å²) in [5, 5.41) is 12.1. The van der Waals surface area contributed by atoms with Gasteiger partial charge < -0.3 is 15.0 Å². The van der Waals surface area contributed by atoms with E-state index in [9.17, 15) is 4.79 Å². The Kier molecular flexibility index (Phi) is 6.24. The van der Waals surface area contributed by atoms with Crippen molar-refractivity contribution in [3.05, 3.63) is 47.4 Å². The van der Waals surface area contributed by atoms with Crippen molar-refractivity contribution in [1.29, 1.82) is 0 Å². The highest BCUT2D eigenvalue weighted by molar-refractivity contribution is 7.98. The van der Waals surface area contributed by atoms with E-state index in [0.717, 1.165) is 23.0 Å². The number of aryl methyl sites for hydroxylation is 1. The number of carbonyl (C=O) groups is 1. The molecule has 23 heavy (non-hydrogen) atoms. The molecule has 2 heterocycles. The highest BCUT2D eigenvalue weighted by atomic mass is 32.2. The molecule has 0 fully saturated rings. The van der Waals surface area contributed by atoms with Gasteiger partial charge in [0.15, 0.2) is 0 Å². The summed E-state index contributed by atoms with van der Waals surface area (Å²) in [5.41, 5.74) is 2.48. The van der Waals surface area contributed by atoms with Crippen molar-refractivity contribution in [1.82, 2.24) is 14.9 Å². The molecule has 0 aromatic carbocycles. The Hall–Kier alpha value is -1.79. The van der Waals surface area contributed by atoms with Crippen LogP contribution in [0.4, 0.5) is 0 Å². The van der Waals surface area contributed by atoms with E-state index in [1.165, 1.54) is 0 Å². The first-order chi connectivity index (χ1) is 11.1. The van der Waals surface area contributed by atoms with E-state index < -0.39 is 0 Å². The fourth-order valence-corrected chi connectivity index (χ4v) is 3.30. The Morgan fingerprint density at radius 3 is 2.83 bits per heavy atom. The highest BCUT2D eigenvalue weighted by Crippen LogP contribution is 2.19. The van der Waals surface area contributed by atoms with Gasteiger partial charge in [-0.15, -0.1) is 0 Å². The van der Waals surface area contributed by atoms with Crippen LogP contribution in [0.3, 0.4) is 0 Å². The largest absolute Gasteiger partial charge is 0.396 e. The first-order valence-electron chi connectivity index (χ1n) is 7.59. The summed E-state index contributed by atoms with van der Waals surface area (Å²) in [5.74, 6) is 1.48. The minimum absolute atomic E-state index is 0.0274. The zero-order valence-electron chi connectivity index (χ0n) is 13.7. The summed E-state index contributed by atoms with van der Waals surface area (Å²) in [6.07, 6.45) is 4.29. The summed E-state index contributed by atoms with van der Waals surface area (Å²) >= 11 is 1.66. The molecular formula is C17H23N3O2S. The summed E-state index contributed by atoms with van der Waals surface area (Å²) < 4.78 is 1.98. The number of aliphatic hydroxyl groups is 1. The maximum absolute atomic E-state index is 12.6. The van der Waals surface area contributed by atoms with Gasteiger partial charge in [-0.3, -0.25) is 4.79 Å². The van der Waals surface area contributed by atoms with E-state index in [1.807, 2.05) is 48.9 Å². The van der Waals surface area contributed by atoms with Crippen molar-refractivity contribution in [2.75, 3.05) is 18.6 Å². The van der Waals surface area contributed by atoms with Crippen LogP contribution >= 0.6 is 11.8 Å². The van der Waals surface area contributed by atoms with Crippen LogP contribution in [0.2, 0.25) is 0 Å². The first-order valence-corrected chi connectivity index (χ1v) is 8.98. The third-order valence-corrected chi connectivity index (χ3v) is 4.47. The molecule has 2 N–H and O–H groups in total. The Bertz CT molecular complexity index is 649. The van der Waals surface area contributed by atoms with Crippen LogP contribution in [0.25, 0.3) is 5.82 Å². The maximum atomic E-state index is 12.6. The zero-order valence-corrected chi connectivity index (χ0v) is 14.6. The number of aliphatic hydroxyl groups excluding tert-OH is 1. The van der Waals surface area contributed by atoms with Crippen LogP contribution in [0.5, 0.6) is 0 Å². The molecule has 2 rings (SSSR count). The van der Waals surface area contributed by atoms with Gasteiger partial charge >= 0.3 is 0 Å². The number of hydrogen-bond acceptors (Lipinski definition) is 4. The number of carbonyl (C=O) groups excluding carboxylic acids is 1. The Balaban J connectivity index is 2.25. The predicted molar refractivity (Wildman–Crippen MR) is 94.4 cm³/mol. The second-order valence-electron chi connectivity index (χ2n) is 5.45. The van der Waals surface area contributed by atoms with Crippen LogP contribution in [0.15, 0.2) is 30.5 Å². The van der Waals surface area contributed by atoms with Gasteiger partial charge in [0.2, 0.25) is 0 Å². The number of pyridine rings is 1. The highest BCUT2D eigenvalue weighted by Gasteiger charge is 2.19. The van der Waals surface area contributed by atoms with Crippen LogP contribution in [-0.4, -0.2) is 45.2 Å². The number of thioether (sulfide) groups is 1. The number of nitrogens with one attached hydrogen (secondary N) is 1. The van der Waals surface area contributed by atoms with E-state index in [4.69, 9.17) is 5.11 Å². The quantitative estimate of drug-likeness (QED) is 0.816. The summed E-state index contributed by atoms with van der Waals surface area (Å²) in [6.45, 7) is 3.95. The van der Waals surface area contributed by atoms with E-state index >= 15 is 0 Å². The SMILES string of the molecule is CSCC(CCO)NC(=O)c1cc(C)n(-c2ccccn2)c1C. The molecule has 0 spiro atoms. The lowest BCUT2D eigenvalue weighted by Gasteiger charge is -2.16. The lowest BCUT2D eigenvalue weighted by atomic mass is 10.2. The Labute approximate surface area is 141 Å². The molecule has 2 aromatic heterocycles. The monoisotopic (exact) mass is 333 g/mol. The minimum Gasteiger partial charge on any atom is -0.396 e. The standard InChI is InChI=1S/C17H23N3O2S/c1-12-10-15(17(22)19-14(7-9-21)11-23-3)13(2)20(12)16-6-4-5-8-18-16/h4-6,8,10,14,21H,7,9,11H2,1-3H3,(H,19,22). The van der Waals surface area contributed by atoms with Gasteiger partial charge in [0.25, 0.3) is 5.91 Å². The van der Waals surface area contributed by atoms with Gasteiger partial charge in [-0.25, -0.2) is 4.98 Å². The zero-order chi connectivity index (χ0) is 16.8. The fraction of sp³-hybridized carbons (Fsp3) is 0.412. The Morgan fingerprint density at radius 2 is 2.22 bits per heavy atom. The number of nitrogens with zero attached hydrogens (tertiary/aromatic N) is 2. The second-order valence-corrected chi connectivity index (χ2v) is 6.36. The summed E-state index contributed by atoms with van der Waals surface area (Å²) in [4.78, 5) is 16.9. The number of rotatable bonds is 7. The number of aromatic nitrogens is 2. The molecule has 0 saturated carbocycles. The smallest absolute Gasteiger partial charge is 0.253 e. The second kappa shape index (κ2) is 8.17. The van der Waals surface area contributed by atoms with Crippen molar-refractivity contribution in [3.8, 4) is 5.82 Å². The average molecular weight is 333 g/mol. The molecule has 5 nitrogen and oxygen atoms in total. The molecular weight excluding hydrogens is 310 g/mol. The van der Waals surface area contributed by atoms with Gasteiger partial charge in [-0.1, -0.05) is 6.07 Å². The van der Waals surface area contributed by atoms with E-state index in [-0.39, 0.29) is 18.6 Å². The minimum atomic E-state index is -0.104. The van der Waals surface area contributed by atoms with Crippen molar-refractivity contribution >= 4 is 17.7 Å². The van der Waals surface area contributed by atoms with Crippen molar-refractivity contribution in [2.24, 2.45) is 0 Å². The third kappa shape index (κ3) is 4.14. The topological polar surface area (TPSA) is 67.2 Å². The van der Waals surface area contributed by atoms with E-state index in [2.05, 4.69) is 10.3 Å². The van der Waals surface area contributed by atoms with Crippen LogP contribution in [0.1, 0.15) is 28.2 Å². The number of amides is 1.